The summed E-state index contributed by atoms with van der Waals surface area (Å²) < 4.78 is 30.6. The fourth-order valence-corrected chi connectivity index (χ4v) is 4.07. The first-order chi connectivity index (χ1) is 12.9. The Morgan fingerprint density at radius 3 is 2.74 bits per heavy atom. The summed E-state index contributed by atoms with van der Waals surface area (Å²) in [6.07, 6.45) is -0.498. The molecule has 0 spiro atoms. The molecule has 1 aliphatic heterocycles. The topological polar surface area (TPSA) is 48.0 Å². The van der Waals surface area contributed by atoms with Gasteiger partial charge in [0.25, 0.3) is 0 Å². The first kappa shape index (κ1) is 19.5. The van der Waals surface area contributed by atoms with E-state index in [1.165, 1.54) is 29.8 Å². The third-order valence-corrected chi connectivity index (χ3v) is 5.44. The van der Waals surface area contributed by atoms with E-state index >= 15 is 0 Å². The van der Waals surface area contributed by atoms with E-state index < -0.39 is 17.2 Å². The Balaban J connectivity index is 1.74. The molecule has 2 aromatic carbocycles. The molecule has 1 saturated heterocycles. The molecule has 1 atom stereocenters. The van der Waals surface area contributed by atoms with Gasteiger partial charge in [-0.05, 0) is 37.6 Å². The number of hydrogen-bond donors (Lipinski definition) is 0. The molecule has 0 bridgehead atoms. The fourth-order valence-electron chi connectivity index (χ4n) is 2.83. The van der Waals surface area contributed by atoms with Crippen molar-refractivity contribution < 1.29 is 23.4 Å². The maximum Gasteiger partial charge on any atom is 0.413 e. The summed E-state index contributed by atoms with van der Waals surface area (Å²) in [6.45, 7) is 4.02. The normalized spacial score (nSPS) is 18.4. The van der Waals surface area contributed by atoms with Crippen LogP contribution in [-0.4, -0.2) is 35.8 Å². The number of amides is 1. The van der Waals surface area contributed by atoms with Crippen molar-refractivity contribution in [2.75, 3.05) is 13.7 Å². The zero-order chi connectivity index (χ0) is 19.4. The first-order valence-corrected chi connectivity index (χ1v) is 9.43. The van der Waals surface area contributed by atoms with Crippen molar-refractivity contribution >= 4 is 17.9 Å². The Labute approximate surface area is 162 Å². The van der Waals surface area contributed by atoms with Crippen molar-refractivity contribution in [2.24, 2.45) is 0 Å². The second kappa shape index (κ2) is 8.19. The first-order valence-electron chi connectivity index (χ1n) is 8.55. The molecule has 1 fully saturated rings. The molecule has 2 aromatic rings. The Morgan fingerprint density at radius 1 is 1.30 bits per heavy atom. The average Bonchev–Trinajstić information content (AvgIpc) is 2.96. The molecule has 5 nitrogen and oxygen atoms in total. The van der Waals surface area contributed by atoms with Crippen molar-refractivity contribution in [1.82, 2.24) is 4.90 Å². The molecule has 0 aromatic heterocycles. The van der Waals surface area contributed by atoms with E-state index in [1.807, 2.05) is 30.3 Å². The van der Waals surface area contributed by atoms with Crippen LogP contribution in [0.2, 0.25) is 0 Å². The maximum absolute atomic E-state index is 14.2. The average molecular weight is 391 g/mol. The lowest BCUT2D eigenvalue weighted by Gasteiger charge is -2.32. The number of carbonyl (C=O) groups is 1. The number of benzene rings is 2. The van der Waals surface area contributed by atoms with Crippen molar-refractivity contribution in [1.29, 1.82) is 0 Å². The minimum atomic E-state index is -0.846. The molecular formula is C20H22FNO4S. The summed E-state index contributed by atoms with van der Waals surface area (Å²) >= 11 is 1.21. The van der Waals surface area contributed by atoms with Gasteiger partial charge < -0.3 is 14.2 Å². The van der Waals surface area contributed by atoms with Crippen molar-refractivity contribution in [2.45, 2.75) is 36.4 Å². The zero-order valence-corrected chi connectivity index (χ0v) is 16.3. The van der Waals surface area contributed by atoms with Gasteiger partial charge in [0, 0.05) is 4.90 Å². The molecule has 0 radical (unpaired) electrons. The van der Waals surface area contributed by atoms with E-state index in [0.29, 0.717) is 10.6 Å². The van der Waals surface area contributed by atoms with Gasteiger partial charge in [-0.2, -0.15) is 0 Å². The molecule has 0 saturated carbocycles. The lowest BCUT2D eigenvalue weighted by atomic mass is 10.2. The Morgan fingerprint density at radius 2 is 2.04 bits per heavy atom. The predicted molar refractivity (Wildman–Crippen MR) is 101 cm³/mol. The number of methoxy groups -OCH3 is 1. The standard InChI is InChI=1S/C20H22FNO4S/c1-20(2)22(19(23)25-12-14-7-5-4-6-8-14)18(13-26-20)27-17-11-15(24-3)9-10-16(17)21/h4-11,18H,12-13H2,1-3H3/t18-/m0/s1. The minimum Gasteiger partial charge on any atom is -0.497 e. The Bertz CT molecular complexity index is 800. The molecule has 0 N–H and O–H groups in total. The van der Waals surface area contributed by atoms with Crippen molar-refractivity contribution in [3.8, 4) is 5.75 Å². The number of thioether (sulfide) groups is 1. The van der Waals surface area contributed by atoms with Gasteiger partial charge in [-0.3, -0.25) is 4.90 Å². The van der Waals surface area contributed by atoms with Gasteiger partial charge >= 0.3 is 6.09 Å². The molecule has 1 heterocycles. The summed E-state index contributed by atoms with van der Waals surface area (Å²) in [5, 5.41) is -0.412. The molecule has 0 aliphatic carbocycles. The van der Waals surface area contributed by atoms with Crippen LogP contribution < -0.4 is 4.74 Å². The second-order valence-corrected chi connectivity index (χ2v) is 7.76. The number of halogens is 1. The van der Waals surface area contributed by atoms with Gasteiger partial charge in [-0.1, -0.05) is 42.1 Å². The summed E-state index contributed by atoms with van der Waals surface area (Å²) in [6, 6.07) is 14.0. The highest BCUT2D eigenvalue weighted by atomic mass is 32.2. The summed E-state index contributed by atoms with van der Waals surface area (Å²) in [5.41, 5.74) is 0.0488. The van der Waals surface area contributed by atoms with Crippen LogP contribution in [0.15, 0.2) is 53.4 Å². The van der Waals surface area contributed by atoms with Gasteiger partial charge in [0.15, 0.2) is 0 Å². The van der Waals surface area contributed by atoms with Gasteiger partial charge in [0.05, 0.1) is 13.7 Å². The Kier molecular flexibility index (Phi) is 5.92. The molecule has 27 heavy (non-hydrogen) atoms. The van der Waals surface area contributed by atoms with Crippen LogP contribution in [0, 0.1) is 5.82 Å². The lowest BCUT2D eigenvalue weighted by Crippen LogP contribution is -2.47. The molecule has 0 unspecified atom stereocenters. The highest BCUT2D eigenvalue weighted by molar-refractivity contribution is 8.00. The van der Waals surface area contributed by atoms with E-state index in [9.17, 15) is 9.18 Å². The van der Waals surface area contributed by atoms with Crippen molar-refractivity contribution in [3.05, 3.63) is 59.9 Å². The summed E-state index contributed by atoms with van der Waals surface area (Å²) in [7, 11) is 1.52. The van der Waals surface area contributed by atoms with E-state index in [2.05, 4.69) is 0 Å². The molecule has 1 amide bonds. The zero-order valence-electron chi connectivity index (χ0n) is 15.5. The maximum atomic E-state index is 14.2. The van der Waals surface area contributed by atoms with E-state index in [1.54, 1.807) is 26.0 Å². The third kappa shape index (κ3) is 4.54. The number of carbonyl (C=O) groups excluding carboxylic acids is 1. The van der Waals surface area contributed by atoms with E-state index in [0.717, 1.165) is 5.56 Å². The van der Waals surface area contributed by atoms with Crippen LogP contribution >= 0.6 is 11.8 Å². The van der Waals surface area contributed by atoms with Crippen LogP contribution in [0.25, 0.3) is 0 Å². The fraction of sp³-hybridized carbons (Fsp3) is 0.350. The highest BCUT2D eigenvalue weighted by Gasteiger charge is 2.45. The summed E-state index contributed by atoms with van der Waals surface area (Å²) in [4.78, 5) is 14.6. The molecule has 1 aliphatic rings. The number of hydrogen-bond acceptors (Lipinski definition) is 5. The quantitative estimate of drug-likeness (QED) is 0.742. The molecule has 7 heteroatoms. The summed E-state index contributed by atoms with van der Waals surface area (Å²) in [5.74, 6) is 0.179. The number of rotatable bonds is 5. The largest absolute Gasteiger partial charge is 0.497 e. The van der Waals surface area contributed by atoms with Crippen LogP contribution in [0.3, 0.4) is 0 Å². The monoisotopic (exact) mass is 391 g/mol. The van der Waals surface area contributed by atoms with Crippen LogP contribution in [-0.2, 0) is 16.1 Å². The molecule has 3 rings (SSSR count). The van der Waals surface area contributed by atoms with Gasteiger partial charge in [-0.25, -0.2) is 9.18 Å². The van der Waals surface area contributed by atoms with Crippen LogP contribution in [0.4, 0.5) is 9.18 Å². The van der Waals surface area contributed by atoms with Crippen LogP contribution in [0.5, 0.6) is 5.75 Å². The van der Waals surface area contributed by atoms with Gasteiger partial charge in [0.2, 0.25) is 0 Å². The van der Waals surface area contributed by atoms with Gasteiger partial charge in [-0.15, -0.1) is 0 Å². The number of nitrogens with zero attached hydrogens (tertiary/aromatic N) is 1. The van der Waals surface area contributed by atoms with Crippen LogP contribution in [0.1, 0.15) is 19.4 Å². The highest BCUT2D eigenvalue weighted by Crippen LogP contribution is 2.39. The lowest BCUT2D eigenvalue weighted by molar-refractivity contribution is -0.0471. The Hall–Kier alpha value is -2.25. The third-order valence-electron chi connectivity index (χ3n) is 4.25. The smallest absolute Gasteiger partial charge is 0.413 e. The van der Waals surface area contributed by atoms with Gasteiger partial charge in [0.1, 0.15) is 29.3 Å². The number of ether oxygens (including phenoxy) is 3. The predicted octanol–water partition coefficient (Wildman–Crippen LogP) is 4.66. The van der Waals surface area contributed by atoms with E-state index in [-0.39, 0.29) is 19.0 Å². The minimum absolute atomic E-state index is 0.164. The molecule has 144 valence electrons. The van der Waals surface area contributed by atoms with E-state index in [4.69, 9.17) is 14.2 Å². The van der Waals surface area contributed by atoms with Crippen molar-refractivity contribution in [3.63, 3.8) is 0 Å². The SMILES string of the molecule is COc1ccc(F)c(S[C@H]2COC(C)(C)N2C(=O)OCc2ccccc2)c1. The second-order valence-electron chi connectivity index (χ2n) is 6.54. The molecular weight excluding hydrogens is 369 g/mol.